The van der Waals surface area contributed by atoms with Crippen molar-refractivity contribution in [3.05, 3.63) is 231 Å². The van der Waals surface area contributed by atoms with E-state index in [0.29, 0.717) is 0 Å². The molecule has 9 aromatic carbocycles. The fourth-order valence-electron chi connectivity index (χ4n) is 9.58. The van der Waals surface area contributed by atoms with E-state index in [9.17, 15) is 0 Å². The Balaban J connectivity index is 1.39. The van der Waals surface area contributed by atoms with E-state index in [4.69, 9.17) is 0 Å². The van der Waals surface area contributed by atoms with E-state index in [1.54, 1.807) is 0 Å². The number of hydrogen-bond acceptors (Lipinski definition) is 0. The standard InChI is InChI=1S/C54H38N2Si/c1-6-21-39(22-7-1)44-32-18-33-45-46-34-19-38-51(57(41-25-10-3-11-26-41,42-27-12-4-13-28-42)43-29-14-5-15-30-43)54(46)56(53(44)45)50-37-20-36-49-52(50)47-31-16-17-35-48(47)55(49)40-23-8-2-9-24-40/h1-38H. The first-order valence-corrected chi connectivity index (χ1v) is 21.7. The van der Waals surface area contributed by atoms with E-state index >= 15 is 0 Å². The van der Waals surface area contributed by atoms with E-state index in [-0.39, 0.29) is 0 Å². The molecule has 0 unspecified atom stereocenters. The maximum absolute atomic E-state index is 2.98. The zero-order valence-corrected chi connectivity index (χ0v) is 32.3. The lowest BCUT2D eigenvalue weighted by Gasteiger charge is -2.35. The van der Waals surface area contributed by atoms with Gasteiger partial charge in [-0.15, -0.1) is 0 Å². The molecule has 0 atom stereocenters. The summed E-state index contributed by atoms with van der Waals surface area (Å²) in [6.07, 6.45) is 0. The minimum absolute atomic E-state index is 1.15. The normalized spacial score (nSPS) is 11.9. The molecular weight excluding hydrogens is 705 g/mol. The fourth-order valence-corrected chi connectivity index (χ4v) is 14.5. The Bertz CT molecular complexity index is 3110. The number of hydrogen-bond donors (Lipinski definition) is 0. The number of benzene rings is 9. The van der Waals surface area contributed by atoms with Crippen LogP contribution < -0.4 is 20.7 Å². The first kappa shape index (κ1) is 33.2. The molecular formula is C54H38N2Si. The summed E-state index contributed by atoms with van der Waals surface area (Å²) in [4.78, 5) is 0. The van der Waals surface area contributed by atoms with E-state index in [0.717, 1.165) is 5.69 Å². The highest BCUT2D eigenvalue weighted by molar-refractivity contribution is 7.20. The van der Waals surface area contributed by atoms with E-state index in [2.05, 4.69) is 240 Å². The summed E-state index contributed by atoms with van der Waals surface area (Å²) in [5, 5.41) is 10.4. The molecule has 0 saturated carbocycles. The van der Waals surface area contributed by atoms with Crippen LogP contribution in [0.5, 0.6) is 0 Å². The number of nitrogens with zero attached hydrogens (tertiary/aromatic N) is 2. The smallest absolute Gasteiger partial charge is 0.181 e. The summed E-state index contributed by atoms with van der Waals surface area (Å²) in [6, 6.07) is 85.3. The van der Waals surface area contributed by atoms with Gasteiger partial charge in [0.15, 0.2) is 8.07 Å². The third-order valence-electron chi connectivity index (χ3n) is 11.8. The Labute approximate surface area is 333 Å². The van der Waals surface area contributed by atoms with Gasteiger partial charge in [0.25, 0.3) is 0 Å². The first-order chi connectivity index (χ1) is 28.3. The lowest BCUT2D eigenvalue weighted by molar-refractivity contribution is 1.17. The summed E-state index contributed by atoms with van der Waals surface area (Å²) >= 11 is 0. The van der Waals surface area contributed by atoms with Gasteiger partial charge in [-0.25, -0.2) is 0 Å². The third-order valence-corrected chi connectivity index (χ3v) is 16.7. The maximum Gasteiger partial charge on any atom is 0.181 e. The molecule has 2 nitrogen and oxygen atoms in total. The van der Waals surface area contributed by atoms with Crippen LogP contribution in [0.2, 0.25) is 0 Å². The lowest BCUT2D eigenvalue weighted by atomic mass is 10.0. The largest absolute Gasteiger partial charge is 0.309 e. The second-order valence-corrected chi connectivity index (χ2v) is 18.6. The molecule has 2 aromatic heterocycles. The van der Waals surface area contributed by atoms with Crippen molar-refractivity contribution >= 4 is 72.4 Å². The van der Waals surface area contributed by atoms with Crippen LogP contribution in [0.1, 0.15) is 0 Å². The monoisotopic (exact) mass is 742 g/mol. The fraction of sp³-hybridized carbons (Fsp3) is 0. The van der Waals surface area contributed by atoms with Crippen molar-refractivity contribution in [1.82, 2.24) is 9.13 Å². The average molecular weight is 743 g/mol. The van der Waals surface area contributed by atoms with Crippen LogP contribution in [0.4, 0.5) is 0 Å². The van der Waals surface area contributed by atoms with E-state index in [1.807, 2.05) is 0 Å². The highest BCUT2D eigenvalue weighted by atomic mass is 28.3. The van der Waals surface area contributed by atoms with Gasteiger partial charge in [0.05, 0.1) is 27.8 Å². The zero-order valence-electron chi connectivity index (χ0n) is 31.3. The van der Waals surface area contributed by atoms with Crippen molar-refractivity contribution in [2.45, 2.75) is 0 Å². The highest BCUT2D eigenvalue weighted by Crippen LogP contribution is 2.42. The molecule has 0 amide bonds. The molecule has 0 fully saturated rings. The van der Waals surface area contributed by atoms with Crippen molar-refractivity contribution in [2.75, 3.05) is 0 Å². The average Bonchev–Trinajstić information content (AvgIpc) is 3.82. The van der Waals surface area contributed by atoms with Gasteiger partial charge in [0.2, 0.25) is 0 Å². The third kappa shape index (κ3) is 5.03. The molecule has 0 radical (unpaired) electrons. The van der Waals surface area contributed by atoms with Crippen LogP contribution in [0.15, 0.2) is 231 Å². The quantitative estimate of drug-likeness (QED) is 0.114. The molecule has 0 spiro atoms. The van der Waals surface area contributed by atoms with Gasteiger partial charge in [0, 0.05) is 32.8 Å². The molecule has 0 saturated heterocycles. The van der Waals surface area contributed by atoms with Crippen molar-refractivity contribution in [1.29, 1.82) is 0 Å². The molecule has 11 rings (SSSR count). The summed E-state index contributed by atoms with van der Waals surface area (Å²) in [6.45, 7) is 0. The Kier molecular flexibility index (Phi) is 7.87. The number of rotatable bonds is 7. The topological polar surface area (TPSA) is 9.86 Å². The van der Waals surface area contributed by atoms with Gasteiger partial charge in [-0.2, -0.15) is 0 Å². The molecule has 0 aliphatic carbocycles. The number of para-hydroxylation sites is 4. The zero-order chi connectivity index (χ0) is 37.8. The SMILES string of the molecule is c1ccc(-c2cccc3c4cccc([Si](c5ccccc5)(c5ccccc5)c5ccccc5)c4n(-c4cccc5c4c4ccccc4n5-c4ccccc4)c23)cc1. The molecule has 3 heteroatoms. The van der Waals surface area contributed by atoms with E-state index in [1.165, 1.54) is 81.2 Å². The van der Waals surface area contributed by atoms with Crippen LogP contribution in [-0.2, 0) is 0 Å². The molecule has 0 aliphatic heterocycles. The van der Waals surface area contributed by atoms with Crippen LogP contribution in [0, 0.1) is 0 Å². The summed E-state index contributed by atoms with van der Waals surface area (Å²) in [5.41, 5.74) is 9.58. The van der Waals surface area contributed by atoms with Gasteiger partial charge < -0.3 is 9.13 Å². The van der Waals surface area contributed by atoms with Gasteiger partial charge in [-0.05, 0) is 56.6 Å². The molecule has 268 valence electrons. The van der Waals surface area contributed by atoms with E-state index < -0.39 is 8.07 Å². The summed E-state index contributed by atoms with van der Waals surface area (Å²) in [7, 11) is -2.98. The molecule has 0 N–H and O–H groups in total. The molecule has 2 heterocycles. The van der Waals surface area contributed by atoms with Crippen molar-refractivity contribution < 1.29 is 0 Å². The summed E-state index contributed by atoms with van der Waals surface area (Å²) < 4.78 is 5.07. The van der Waals surface area contributed by atoms with Gasteiger partial charge in [-0.1, -0.05) is 200 Å². The Hall–Kier alpha value is -7.20. The van der Waals surface area contributed by atoms with Crippen LogP contribution in [0.3, 0.4) is 0 Å². The first-order valence-electron chi connectivity index (χ1n) is 19.7. The predicted octanol–water partition coefficient (Wildman–Crippen LogP) is 10.9. The molecule has 0 bridgehead atoms. The predicted molar refractivity (Wildman–Crippen MR) is 244 cm³/mol. The molecule has 57 heavy (non-hydrogen) atoms. The minimum Gasteiger partial charge on any atom is -0.309 e. The van der Waals surface area contributed by atoms with Crippen LogP contribution in [-0.4, -0.2) is 17.2 Å². The minimum atomic E-state index is -2.98. The Morgan fingerprint density at radius 1 is 0.316 bits per heavy atom. The van der Waals surface area contributed by atoms with Crippen molar-refractivity contribution in [3.8, 4) is 22.5 Å². The Morgan fingerprint density at radius 3 is 1.42 bits per heavy atom. The maximum atomic E-state index is 2.64. The van der Waals surface area contributed by atoms with Crippen molar-refractivity contribution in [3.63, 3.8) is 0 Å². The summed E-state index contributed by atoms with van der Waals surface area (Å²) in [5.74, 6) is 0. The second-order valence-electron chi connectivity index (χ2n) is 14.8. The number of aromatic nitrogens is 2. The highest BCUT2D eigenvalue weighted by Gasteiger charge is 2.43. The van der Waals surface area contributed by atoms with Gasteiger partial charge >= 0.3 is 0 Å². The lowest BCUT2D eigenvalue weighted by Crippen LogP contribution is -2.75. The van der Waals surface area contributed by atoms with Crippen LogP contribution in [0.25, 0.3) is 66.1 Å². The van der Waals surface area contributed by atoms with Gasteiger partial charge in [0.1, 0.15) is 0 Å². The number of fused-ring (bicyclic) bond motifs is 6. The Morgan fingerprint density at radius 2 is 0.789 bits per heavy atom. The molecule has 0 aliphatic rings. The van der Waals surface area contributed by atoms with Crippen molar-refractivity contribution in [2.24, 2.45) is 0 Å². The molecule has 11 aromatic rings. The van der Waals surface area contributed by atoms with Gasteiger partial charge in [-0.3, -0.25) is 0 Å². The van der Waals surface area contributed by atoms with Crippen LogP contribution >= 0.6 is 0 Å². The second kappa shape index (κ2) is 13.5.